The van der Waals surface area contributed by atoms with Crippen LogP contribution in [0.3, 0.4) is 0 Å². The summed E-state index contributed by atoms with van der Waals surface area (Å²) in [7, 11) is 0. The summed E-state index contributed by atoms with van der Waals surface area (Å²) in [5, 5.41) is 5.58. The molecule has 3 aromatic heterocycles. The van der Waals surface area contributed by atoms with Crippen molar-refractivity contribution in [1.82, 2.24) is 10.3 Å². The molecule has 0 radical (unpaired) electrons. The standard InChI is InChI=1S/C15H16N2OS/c1-2-16-14(9-12-4-3-6-18-12)11-8-15-13(17-10-11)5-7-19-15/h3-8,10,14,16H,2,9H2,1H3. The number of nitrogens with one attached hydrogen (secondary N) is 1. The Kier molecular flexibility index (Phi) is 3.62. The van der Waals surface area contributed by atoms with Crippen LogP contribution in [0, 0.1) is 0 Å². The van der Waals surface area contributed by atoms with Gasteiger partial charge in [0.2, 0.25) is 0 Å². The molecule has 0 aliphatic rings. The third-order valence-corrected chi connectivity index (χ3v) is 4.02. The zero-order valence-electron chi connectivity index (χ0n) is 10.8. The number of rotatable bonds is 5. The SMILES string of the molecule is CCNC(Cc1ccco1)c1cnc2ccsc2c1. The van der Waals surface area contributed by atoms with Gasteiger partial charge in [0.25, 0.3) is 0 Å². The van der Waals surface area contributed by atoms with E-state index < -0.39 is 0 Å². The fourth-order valence-corrected chi connectivity index (χ4v) is 3.03. The lowest BCUT2D eigenvalue weighted by Gasteiger charge is -2.16. The van der Waals surface area contributed by atoms with Crippen molar-refractivity contribution in [2.75, 3.05) is 6.54 Å². The third kappa shape index (κ3) is 2.69. The summed E-state index contributed by atoms with van der Waals surface area (Å²) in [6, 6.07) is 8.47. The molecule has 98 valence electrons. The van der Waals surface area contributed by atoms with Crippen molar-refractivity contribution < 1.29 is 4.42 Å². The first-order chi connectivity index (χ1) is 9.36. The number of likely N-dealkylation sites (N-methyl/N-ethyl adjacent to an activating group) is 1. The summed E-state index contributed by atoms with van der Waals surface area (Å²) in [5.41, 5.74) is 2.29. The molecule has 0 amide bonds. The van der Waals surface area contributed by atoms with E-state index in [1.807, 2.05) is 18.3 Å². The first-order valence-corrected chi connectivity index (χ1v) is 7.33. The van der Waals surface area contributed by atoms with Crippen molar-refractivity contribution in [3.63, 3.8) is 0 Å². The molecule has 0 fully saturated rings. The Bertz CT molecular complexity index is 645. The Morgan fingerprint density at radius 3 is 3.16 bits per heavy atom. The topological polar surface area (TPSA) is 38.1 Å². The van der Waals surface area contributed by atoms with Crippen molar-refractivity contribution in [3.8, 4) is 0 Å². The number of hydrogen-bond acceptors (Lipinski definition) is 4. The lowest BCUT2D eigenvalue weighted by molar-refractivity contribution is 0.455. The zero-order valence-corrected chi connectivity index (χ0v) is 11.6. The largest absolute Gasteiger partial charge is 0.469 e. The summed E-state index contributed by atoms with van der Waals surface area (Å²) < 4.78 is 6.68. The van der Waals surface area contributed by atoms with E-state index in [9.17, 15) is 0 Å². The van der Waals surface area contributed by atoms with Crippen LogP contribution < -0.4 is 5.32 Å². The van der Waals surface area contributed by atoms with E-state index in [1.54, 1.807) is 17.6 Å². The van der Waals surface area contributed by atoms with Crippen molar-refractivity contribution >= 4 is 21.6 Å². The predicted octanol–water partition coefficient (Wildman–Crippen LogP) is 3.78. The quantitative estimate of drug-likeness (QED) is 0.768. The predicted molar refractivity (Wildman–Crippen MR) is 78.4 cm³/mol. The van der Waals surface area contributed by atoms with Gasteiger partial charge in [-0.15, -0.1) is 11.3 Å². The highest BCUT2D eigenvalue weighted by Crippen LogP contribution is 2.24. The number of fused-ring (bicyclic) bond motifs is 1. The molecule has 0 bridgehead atoms. The highest BCUT2D eigenvalue weighted by Gasteiger charge is 2.14. The highest BCUT2D eigenvalue weighted by molar-refractivity contribution is 7.17. The molecule has 3 nitrogen and oxygen atoms in total. The minimum atomic E-state index is 0.246. The van der Waals surface area contributed by atoms with Gasteiger partial charge >= 0.3 is 0 Å². The normalized spacial score (nSPS) is 12.9. The minimum Gasteiger partial charge on any atom is -0.469 e. The lowest BCUT2D eigenvalue weighted by Crippen LogP contribution is -2.22. The minimum absolute atomic E-state index is 0.246. The Morgan fingerprint density at radius 1 is 1.42 bits per heavy atom. The average molecular weight is 272 g/mol. The lowest BCUT2D eigenvalue weighted by atomic mass is 10.0. The summed E-state index contributed by atoms with van der Waals surface area (Å²) in [6.45, 7) is 3.04. The summed E-state index contributed by atoms with van der Waals surface area (Å²) in [4.78, 5) is 4.51. The average Bonchev–Trinajstić information content (AvgIpc) is 3.08. The van der Waals surface area contributed by atoms with Gasteiger partial charge < -0.3 is 9.73 Å². The Labute approximate surface area is 116 Å². The number of hydrogen-bond donors (Lipinski definition) is 1. The fraction of sp³-hybridized carbons (Fsp3) is 0.267. The molecule has 3 aromatic rings. The van der Waals surface area contributed by atoms with E-state index in [0.717, 1.165) is 24.2 Å². The molecule has 0 aromatic carbocycles. The summed E-state index contributed by atoms with van der Waals surface area (Å²) in [5.74, 6) is 0.997. The van der Waals surface area contributed by atoms with Crippen LogP contribution in [0.5, 0.6) is 0 Å². The maximum Gasteiger partial charge on any atom is 0.105 e. The van der Waals surface area contributed by atoms with Gasteiger partial charge in [-0.05, 0) is 41.8 Å². The van der Waals surface area contributed by atoms with Gasteiger partial charge in [-0.1, -0.05) is 6.92 Å². The van der Waals surface area contributed by atoms with Gasteiger partial charge in [0.15, 0.2) is 0 Å². The number of nitrogens with zero attached hydrogens (tertiary/aromatic N) is 1. The summed E-state index contributed by atoms with van der Waals surface area (Å²) in [6.07, 6.45) is 4.53. The van der Waals surface area contributed by atoms with Crippen LogP contribution in [0.2, 0.25) is 0 Å². The number of furan rings is 1. The molecule has 1 unspecified atom stereocenters. The second-order valence-electron chi connectivity index (χ2n) is 4.47. The molecular formula is C15H16N2OS. The Hall–Kier alpha value is -1.65. The van der Waals surface area contributed by atoms with Crippen molar-refractivity contribution in [2.45, 2.75) is 19.4 Å². The Morgan fingerprint density at radius 2 is 2.37 bits per heavy atom. The molecule has 4 heteroatoms. The number of aromatic nitrogens is 1. The van der Waals surface area contributed by atoms with Gasteiger partial charge in [-0.25, -0.2) is 0 Å². The Balaban J connectivity index is 1.89. The van der Waals surface area contributed by atoms with E-state index in [1.165, 1.54) is 10.3 Å². The van der Waals surface area contributed by atoms with Gasteiger partial charge in [0.1, 0.15) is 5.76 Å². The second kappa shape index (κ2) is 5.55. The molecule has 0 saturated heterocycles. The second-order valence-corrected chi connectivity index (χ2v) is 5.41. The van der Waals surface area contributed by atoms with Gasteiger partial charge in [-0.3, -0.25) is 4.98 Å². The molecule has 0 spiro atoms. The first-order valence-electron chi connectivity index (χ1n) is 6.45. The third-order valence-electron chi connectivity index (χ3n) is 3.16. The molecule has 3 rings (SSSR count). The van der Waals surface area contributed by atoms with E-state index in [-0.39, 0.29) is 6.04 Å². The van der Waals surface area contributed by atoms with E-state index in [4.69, 9.17) is 4.42 Å². The fourth-order valence-electron chi connectivity index (χ4n) is 2.24. The van der Waals surface area contributed by atoms with Crippen molar-refractivity contribution in [2.24, 2.45) is 0 Å². The molecule has 0 saturated carbocycles. The molecule has 3 heterocycles. The zero-order chi connectivity index (χ0) is 13.1. The molecule has 1 atom stereocenters. The maximum atomic E-state index is 5.45. The van der Waals surface area contributed by atoms with Gasteiger partial charge in [0, 0.05) is 18.7 Å². The van der Waals surface area contributed by atoms with Crippen LogP contribution in [-0.2, 0) is 6.42 Å². The van der Waals surface area contributed by atoms with Gasteiger partial charge in [0.05, 0.1) is 16.5 Å². The molecule has 1 N–H and O–H groups in total. The highest BCUT2D eigenvalue weighted by atomic mass is 32.1. The van der Waals surface area contributed by atoms with E-state index in [2.05, 4.69) is 34.7 Å². The monoisotopic (exact) mass is 272 g/mol. The molecule has 19 heavy (non-hydrogen) atoms. The first kappa shape index (κ1) is 12.4. The number of thiophene rings is 1. The molecule has 0 aliphatic heterocycles. The van der Waals surface area contributed by atoms with E-state index in [0.29, 0.717) is 0 Å². The number of pyridine rings is 1. The van der Waals surface area contributed by atoms with Crippen LogP contribution in [-0.4, -0.2) is 11.5 Å². The van der Waals surface area contributed by atoms with Gasteiger partial charge in [-0.2, -0.15) is 0 Å². The smallest absolute Gasteiger partial charge is 0.105 e. The van der Waals surface area contributed by atoms with Crippen LogP contribution in [0.1, 0.15) is 24.3 Å². The van der Waals surface area contributed by atoms with E-state index >= 15 is 0 Å². The van der Waals surface area contributed by atoms with Crippen LogP contribution in [0.15, 0.2) is 46.5 Å². The van der Waals surface area contributed by atoms with Crippen LogP contribution in [0.4, 0.5) is 0 Å². The van der Waals surface area contributed by atoms with Crippen LogP contribution >= 0.6 is 11.3 Å². The molecule has 0 aliphatic carbocycles. The van der Waals surface area contributed by atoms with Crippen molar-refractivity contribution in [3.05, 3.63) is 53.4 Å². The van der Waals surface area contributed by atoms with Crippen molar-refractivity contribution in [1.29, 1.82) is 0 Å². The summed E-state index contributed by atoms with van der Waals surface area (Å²) >= 11 is 1.73. The van der Waals surface area contributed by atoms with Crippen LogP contribution in [0.25, 0.3) is 10.2 Å². The maximum absolute atomic E-state index is 5.45. The molecular weight excluding hydrogens is 256 g/mol.